The van der Waals surface area contributed by atoms with Crippen LogP contribution in [0.5, 0.6) is 0 Å². The minimum Gasteiger partial charge on any atom is -0.463 e. The second-order valence-corrected chi connectivity index (χ2v) is 5.03. The molecule has 0 amide bonds. The molecule has 1 atom stereocenters. The van der Waals surface area contributed by atoms with Gasteiger partial charge in [-0.3, -0.25) is 4.57 Å². The highest BCUT2D eigenvalue weighted by Crippen LogP contribution is 2.43. The molecule has 0 aliphatic heterocycles. The normalized spacial score (nSPS) is 13.4. The van der Waals surface area contributed by atoms with Gasteiger partial charge in [0.1, 0.15) is 0 Å². The third kappa shape index (κ3) is 4.56. The highest BCUT2D eigenvalue weighted by atomic mass is 31.2. The van der Waals surface area contributed by atoms with Crippen LogP contribution in [0.25, 0.3) is 0 Å². The molecule has 0 aromatic rings. The van der Waals surface area contributed by atoms with Crippen molar-refractivity contribution in [2.24, 2.45) is 0 Å². The first-order chi connectivity index (χ1) is 6.29. The number of rotatable bonds is 5. The lowest BCUT2D eigenvalue weighted by molar-refractivity contribution is -0.138. The first-order valence-electron chi connectivity index (χ1n) is 4.19. The van der Waals surface area contributed by atoms with E-state index in [4.69, 9.17) is 9.79 Å². The van der Waals surface area contributed by atoms with E-state index in [0.717, 1.165) is 0 Å². The molecule has 6 heteroatoms. The third-order valence-corrected chi connectivity index (χ3v) is 3.01. The molecule has 0 aromatic carbocycles. The third-order valence-electron chi connectivity index (χ3n) is 1.68. The van der Waals surface area contributed by atoms with Crippen LogP contribution in [0, 0.1) is 0 Å². The van der Waals surface area contributed by atoms with Crippen LogP contribution < -0.4 is 0 Å². The van der Waals surface area contributed by atoms with E-state index in [9.17, 15) is 9.36 Å². The van der Waals surface area contributed by atoms with Crippen molar-refractivity contribution in [3.8, 4) is 0 Å². The summed E-state index contributed by atoms with van der Waals surface area (Å²) in [7, 11) is -4.14. The predicted molar refractivity (Wildman–Crippen MR) is 51.9 cm³/mol. The van der Waals surface area contributed by atoms with Crippen molar-refractivity contribution in [3.05, 3.63) is 12.2 Å². The van der Waals surface area contributed by atoms with Gasteiger partial charge in [0.25, 0.3) is 0 Å². The van der Waals surface area contributed by atoms with Crippen molar-refractivity contribution in [1.29, 1.82) is 0 Å². The number of hydrogen-bond donors (Lipinski definition) is 2. The highest BCUT2D eigenvalue weighted by Gasteiger charge is 2.26. The second-order valence-electron chi connectivity index (χ2n) is 2.97. The molecular formula is C8H15O5P. The Morgan fingerprint density at radius 3 is 2.43 bits per heavy atom. The van der Waals surface area contributed by atoms with E-state index in [2.05, 4.69) is 11.3 Å². The quantitative estimate of drug-likeness (QED) is 0.413. The van der Waals surface area contributed by atoms with Crippen molar-refractivity contribution >= 4 is 13.6 Å². The maximum Gasteiger partial charge on any atom is 0.333 e. The van der Waals surface area contributed by atoms with Crippen LogP contribution in [0.15, 0.2) is 12.2 Å². The Kier molecular flexibility index (Phi) is 5.05. The molecule has 0 bridgehead atoms. The minimum absolute atomic E-state index is 0.0525. The average molecular weight is 222 g/mol. The first-order valence-corrected chi connectivity index (χ1v) is 5.87. The number of ether oxygens (including phenoxy) is 1. The molecule has 0 aliphatic carbocycles. The van der Waals surface area contributed by atoms with Gasteiger partial charge in [-0.2, -0.15) is 0 Å². The largest absolute Gasteiger partial charge is 0.463 e. The van der Waals surface area contributed by atoms with Crippen LogP contribution in [-0.2, 0) is 14.1 Å². The summed E-state index contributed by atoms with van der Waals surface area (Å²) < 4.78 is 15.4. The zero-order chi connectivity index (χ0) is 11.4. The topological polar surface area (TPSA) is 83.8 Å². The molecule has 0 radical (unpaired) electrons. The van der Waals surface area contributed by atoms with Gasteiger partial charge in [0.15, 0.2) is 0 Å². The van der Waals surface area contributed by atoms with Crippen molar-refractivity contribution in [2.75, 3.05) is 6.61 Å². The maximum absolute atomic E-state index is 11.0. The SMILES string of the molecule is C=C(CC(C)P(=O)(O)O)C(=O)OCC. The molecule has 1 unspecified atom stereocenters. The Balaban J connectivity index is 4.20. The number of carbonyl (C=O) groups is 1. The molecule has 0 aliphatic rings. The van der Waals surface area contributed by atoms with Crippen LogP contribution in [-0.4, -0.2) is 28.0 Å². The van der Waals surface area contributed by atoms with Crippen molar-refractivity contribution in [2.45, 2.75) is 25.9 Å². The fourth-order valence-corrected chi connectivity index (χ4v) is 1.25. The fourth-order valence-electron chi connectivity index (χ4n) is 0.792. The molecule has 14 heavy (non-hydrogen) atoms. The Hall–Kier alpha value is -0.640. The van der Waals surface area contributed by atoms with Crippen LogP contribution in [0.2, 0.25) is 0 Å². The maximum atomic E-state index is 11.0. The molecule has 0 saturated carbocycles. The standard InChI is InChI=1S/C8H15O5P/c1-4-13-8(9)6(2)5-7(3)14(10,11)12/h7H,2,4-5H2,1,3H3,(H2,10,11,12). The zero-order valence-electron chi connectivity index (χ0n) is 8.27. The highest BCUT2D eigenvalue weighted by molar-refractivity contribution is 7.52. The van der Waals surface area contributed by atoms with E-state index in [0.29, 0.717) is 0 Å². The van der Waals surface area contributed by atoms with E-state index in [1.54, 1.807) is 6.92 Å². The number of esters is 1. The van der Waals surface area contributed by atoms with Gasteiger partial charge in [-0.1, -0.05) is 13.5 Å². The monoisotopic (exact) mass is 222 g/mol. The van der Waals surface area contributed by atoms with Crippen LogP contribution in [0.1, 0.15) is 20.3 Å². The van der Waals surface area contributed by atoms with Crippen molar-refractivity contribution in [3.63, 3.8) is 0 Å². The molecule has 0 saturated heterocycles. The second kappa shape index (κ2) is 5.29. The smallest absolute Gasteiger partial charge is 0.333 e. The van der Waals surface area contributed by atoms with Gasteiger partial charge in [0.05, 0.1) is 12.3 Å². The Labute approximate surface area is 82.9 Å². The summed E-state index contributed by atoms with van der Waals surface area (Å²) in [4.78, 5) is 28.6. The first kappa shape index (κ1) is 13.4. The molecule has 82 valence electrons. The van der Waals surface area contributed by atoms with Gasteiger partial charge in [-0.05, 0) is 13.3 Å². The van der Waals surface area contributed by atoms with Crippen molar-refractivity contribution in [1.82, 2.24) is 0 Å². The summed E-state index contributed by atoms with van der Waals surface area (Å²) in [6.45, 7) is 6.65. The molecule has 0 fully saturated rings. The number of hydrogen-bond acceptors (Lipinski definition) is 3. The zero-order valence-corrected chi connectivity index (χ0v) is 9.16. The lowest BCUT2D eigenvalue weighted by Gasteiger charge is -2.13. The van der Waals surface area contributed by atoms with Gasteiger partial charge in [-0.25, -0.2) is 4.79 Å². The molecule has 0 aromatic heterocycles. The molecule has 5 nitrogen and oxygen atoms in total. The minimum atomic E-state index is -4.14. The van der Waals surface area contributed by atoms with Gasteiger partial charge in [0.2, 0.25) is 0 Å². The number of carbonyl (C=O) groups excluding carboxylic acids is 1. The fraction of sp³-hybridized carbons (Fsp3) is 0.625. The van der Waals surface area contributed by atoms with Crippen LogP contribution in [0.3, 0.4) is 0 Å². The molecular weight excluding hydrogens is 207 g/mol. The van der Waals surface area contributed by atoms with E-state index in [-0.39, 0.29) is 18.6 Å². The Morgan fingerprint density at radius 2 is 2.07 bits per heavy atom. The van der Waals surface area contributed by atoms with Gasteiger partial charge in [0, 0.05) is 5.57 Å². The molecule has 0 rings (SSSR count). The van der Waals surface area contributed by atoms with E-state index in [1.165, 1.54) is 6.92 Å². The van der Waals surface area contributed by atoms with E-state index in [1.807, 2.05) is 0 Å². The average Bonchev–Trinajstić information content (AvgIpc) is 2.02. The summed E-state index contributed by atoms with van der Waals surface area (Å²) in [5.41, 5.74) is -0.818. The Morgan fingerprint density at radius 1 is 1.57 bits per heavy atom. The van der Waals surface area contributed by atoms with Gasteiger partial charge < -0.3 is 14.5 Å². The van der Waals surface area contributed by atoms with Gasteiger partial charge >= 0.3 is 13.6 Å². The summed E-state index contributed by atoms with van der Waals surface area (Å²) in [5, 5.41) is 0. The summed E-state index contributed by atoms with van der Waals surface area (Å²) in [6.07, 6.45) is -0.0525. The van der Waals surface area contributed by atoms with Crippen LogP contribution in [0.4, 0.5) is 0 Å². The molecule has 0 spiro atoms. The summed E-state index contributed by atoms with van der Waals surface area (Å²) in [6, 6.07) is 0. The van der Waals surface area contributed by atoms with Crippen molar-refractivity contribution < 1.29 is 23.9 Å². The van der Waals surface area contributed by atoms with Crippen LogP contribution >= 0.6 is 7.60 Å². The van der Waals surface area contributed by atoms with Gasteiger partial charge in [-0.15, -0.1) is 0 Å². The lowest BCUT2D eigenvalue weighted by Crippen LogP contribution is -2.12. The Bertz CT molecular complexity index is 267. The molecule has 2 N–H and O–H groups in total. The predicted octanol–water partition coefficient (Wildman–Crippen LogP) is 1.06. The van der Waals surface area contributed by atoms with E-state index >= 15 is 0 Å². The van der Waals surface area contributed by atoms with E-state index < -0.39 is 19.2 Å². The summed E-state index contributed by atoms with van der Waals surface area (Å²) in [5.74, 6) is -0.604. The molecule has 0 heterocycles. The lowest BCUT2D eigenvalue weighted by atomic mass is 10.2. The summed E-state index contributed by atoms with van der Waals surface area (Å²) >= 11 is 0.